The molecule has 3 aromatic rings. The second-order valence-electron chi connectivity index (χ2n) is 4.89. The van der Waals surface area contributed by atoms with Gasteiger partial charge < -0.3 is 10.1 Å². The zero-order chi connectivity index (χ0) is 16.8. The van der Waals surface area contributed by atoms with Gasteiger partial charge in [-0.25, -0.2) is 0 Å². The first kappa shape index (κ1) is 16.3. The van der Waals surface area contributed by atoms with E-state index < -0.39 is 0 Å². The van der Waals surface area contributed by atoms with Crippen LogP contribution < -0.4 is 10.1 Å². The number of benzene rings is 2. The Hall–Kier alpha value is -2.56. The molecular formula is C19H14ClNO2S. The van der Waals surface area contributed by atoms with Crippen LogP contribution in [0.15, 0.2) is 72.1 Å². The van der Waals surface area contributed by atoms with E-state index in [1.54, 1.807) is 35.6 Å². The van der Waals surface area contributed by atoms with E-state index in [2.05, 4.69) is 5.32 Å². The van der Waals surface area contributed by atoms with Crippen LogP contribution in [0, 0.1) is 0 Å². The molecule has 0 atom stereocenters. The van der Waals surface area contributed by atoms with Gasteiger partial charge in [-0.1, -0.05) is 35.9 Å². The Morgan fingerprint density at radius 1 is 1.08 bits per heavy atom. The van der Waals surface area contributed by atoms with Gasteiger partial charge in [-0.05, 0) is 47.9 Å². The molecule has 0 saturated carbocycles. The number of carbonyl (C=O) groups excluding carboxylic acids is 1. The summed E-state index contributed by atoms with van der Waals surface area (Å²) in [5, 5.41) is 5.28. The number of rotatable bonds is 5. The van der Waals surface area contributed by atoms with Crippen molar-refractivity contribution < 1.29 is 9.53 Å². The number of halogens is 1. The Morgan fingerprint density at radius 3 is 2.67 bits per heavy atom. The van der Waals surface area contributed by atoms with Gasteiger partial charge in [-0.15, -0.1) is 11.3 Å². The Morgan fingerprint density at radius 2 is 1.92 bits per heavy atom. The summed E-state index contributed by atoms with van der Waals surface area (Å²) >= 11 is 7.60. The Kier molecular flexibility index (Phi) is 5.31. The van der Waals surface area contributed by atoms with Gasteiger partial charge in [0.05, 0.1) is 5.69 Å². The molecule has 24 heavy (non-hydrogen) atoms. The van der Waals surface area contributed by atoms with Crippen molar-refractivity contribution in [2.24, 2.45) is 0 Å². The first-order valence-corrected chi connectivity index (χ1v) is 8.51. The molecule has 2 aromatic carbocycles. The molecular weight excluding hydrogens is 342 g/mol. The lowest BCUT2D eigenvalue weighted by Crippen LogP contribution is -2.08. The third-order valence-corrected chi connectivity index (χ3v) is 4.19. The number of amides is 1. The van der Waals surface area contributed by atoms with E-state index in [1.165, 1.54) is 6.08 Å². The van der Waals surface area contributed by atoms with E-state index in [4.69, 9.17) is 16.3 Å². The topological polar surface area (TPSA) is 38.3 Å². The molecule has 1 N–H and O–H groups in total. The average Bonchev–Trinajstić information content (AvgIpc) is 3.10. The third-order valence-electron chi connectivity index (χ3n) is 3.11. The molecule has 3 rings (SSSR count). The smallest absolute Gasteiger partial charge is 0.248 e. The van der Waals surface area contributed by atoms with Crippen LogP contribution in [-0.2, 0) is 4.79 Å². The number of carbonyl (C=O) groups is 1. The number of hydrogen-bond acceptors (Lipinski definition) is 3. The van der Waals surface area contributed by atoms with Crippen LogP contribution in [0.2, 0.25) is 5.02 Å². The predicted molar refractivity (Wildman–Crippen MR) is 100.0 cm³/mol. The molecule has 0 aliphatic carbocycles. The highest BCUT2D eigenvalue weighted by atomic mass is 35.5. The molecule has 3 nitrogen and oxygen atoms in total. The van der Waals surface area contributed by atoms with Crippen molar-refractivity contribution in [2.75, 3.05) is 5.32 Å². The summed E-state index contributed by atoms with van der Waals surface area (Å²) in [5.74, 6) is 0.969. The van der Waals surface area contributed by atoms with Crippen molar-refractivity contribution in [1.82, 2.24) is 0 Å². The molecule has 0 bridgehead atoms. The van der Waals surface area contributed by atoms with Crippen LogP contribution in [0.1, 0.15) is 4.88 Å². The average molecular weight is 356 g/mol. The fourth-order valence-electron chi connectivity index (χ4n) is 2.02. The van der Waals surface area contributed by atoms with E-state index in [-0.39, 0.29) is 5.91 Å². The van der Waals surface area contributed by atoms with E-state index in [1.807, 2.05) is 47.8 Å². The summed E-state index contributed by atoms with van der Waals surface area (Å²) in [6.07, 6.45) is 3.25. The molecule has 0 saturated heterocycles. The van der Waals surface area contributed by atoms with Crippen molar-refractivity contribution in [3.05, 3.63) is 82.0 Å². The van der Waals surface area contributed by atoms with Crippen LogP contribution in [0.25, 0.3) is 6.08 Å². The number of anilines is 1. The summed E-state index contributed by atoms with van der Waals surface area (Å²) in [6.45, 7) is 0. The van der Waals surface area contributed by atoms with Crippen molar-refractivity contribution in [3.63, 3.8) is 0 Å². The van der Waals surface area contributed by atoms with E-state index in [0.29, 0.717) is 22.2 Å². The molecule has 1 aromatic heterocycles. The number of thiophene rings is 1. The summed E-state index contributed by atoms with van der Waals surface area (Å²) in [6, 6.07) is 18.4. The number of ether oxygens (including phenoxy) is 1. The van der Waals surface area contributed by atoms with Gasteiger partial charge in [0.1, 0.15) is 5.75 Å². The molecule has 0 aliphatic rings. The second-order valence-corrected chi connectivity index (χ2v) is 6.31. The lowest BCUT2D eigenvalue weighted by Gasteiger charge is -2.12. The molecule has 0 spiro atoms. The Bertz CT molecular complexity index is 845. The summed E-state index contributed by atoms with van der Waals surface area (Å²) in [4.78, 5) is 13.1. The van der Waals surface area contributed by atoms with E-state index in [9.17, 15) is 4.79 Å². The molecule has 120 valence electrons. The largest absolute Gasteiger partial charge is 0.455 e. The van der Waals surface area contributed by atoms with Crippen LogP contribution >= 0.6 is 22.9 Å². The zero-order valence-electron chi connectivity index (χ0n) is 12.6. The first-order chi connectivity index (χ1) is 11.7. The van der Waals surface area contributed by atoms with Gasteiger partial charge in [0.15, 0.2) is 5.75 Å². The zero-order valence-corrected chi connectivity index (χ0v) is 14.2. The lowest BCUT2D eigenvalue weighted by atomic mass is 10.2. The van der Waals surface area contributed by atoms with Gasteiger partial charge in [0, 0.05) is 16.0 Å². The summed E-state index contributed by atoms with van der Waals surface area (Å²) in [7, 11) is 0. The minimum atomic E-state index is -0.247. The van der Waals surface area contributed by atoms with Crippen molar-refractivity contribution >= 4 is 40.6 Å². The van der Waals surface area contributed by atoms with Crippen molar-refractivity contribution in [2.45, 2.75) is 0 Å². The molecule has 1 heterocycles. The van der Waals surface area contributed by atoms with Crippen LogP contribution in [0.3, 0.4) is 0 Å². The van der Waals surface area contributed by atoms with Crippen LogP contribution in [0.5, 0.6) is 11.5 Å². The first-order valence-electron chi connectivity index (χ1n) is 7.26. The molecule has 0 radical (unpaired) electrons. The number of para-hydroxylation sites is 1. The molecule has 0 unspecified atom stereocenters. The normalized spacial score (nSPS) is 10.7. The minimum absolute atomic E-state index is 0.247. The quantitative estimate of drug-likeness (QED) is 0.583. The number of nitrogens with one attached hydrogen (secondary N) is 1. The molecule has 0 fully saturated rings. The van der Waals surface area contributed by atoms with E-state index in [0.717, 1.165) is 4.88 Å². The SMILES string of the molecule is O=C(/C=C/c1cccs1)Nc1cc(Cl)ccc1Oc1ccccc1. The molecule has 0 aliphatic heterocycles. The van der Waals surface area contributed by atoms with Gasteiger partial charge >= 0.3 is 0 Å². The molecule has 5 heteroatoms. The second kappa shape index (κ2) is 7.81. The summed E-state index contributed by atoms with van der Waals surface area (Å²) < 4.78 is 5.82. The van der Waals surface area contributed by atoms with E-state index >= 15 is 0 Å². The van der Waals surface area contributed by atoms with Gasteiger partial charge in [0.2, 0.25) is 5.91 Å². The standard InChI is InChI=1S/C19H14ClNO2S/c20-14-8-10-18(23-15-5-2-1-3-6-15)17(13-14)21-19(22)11-9-16-7-4-12-24-16/h1-13H,(H,21,22)/b11-9+. The maximum Gasteiger partial charge on any atom is 0.248 e. The fraction of sp³-hybridized carbons (Fsp3) is 0. The molecule has 1 amide bonds. The lowest BCUT2D eigenvalue weighted by molar-refractivity contribution is -0.111. The highest BCUT2D eigenvalue weighted by Gasteiger charge is 2.08. The van der Waals surface area contributed by atoms with Gasteiger partial charge in [-0.3, -0.25) is 4.79 Å². The highest BCUT2D eigenvalue weighted by molar-refractivity contribution is 7.10. The Labute approximate surface area is 149 Å². The van der Waals surface area contributed by atoms with Gasteiger partial charge in [-0.2, -0.15) is 0 Å². The highest BCUT2D eigenvalue weighted by Crippen LogP contribution is 2.32. The minimum Gasteiger partial charge on any atom is -0.455 e. The van der Waals surface area contributed by atoms with Gasteiger partial charge in [0.25, 0.3) is 0 Å². The van der Waals surface area contributed by atoms with Crippen LogP contribution in [-0.4, -0.2) is 5.91 Å². The maximum atomic E-state index is 12.1. The van der Waals surface area contributed by atoms with Crippen LogP contribution in [0.4, 0.5) is 5.69 Å². The third kappa shape index (κ3) is 4.47. The van der Waals surface area contributed by atoms with Crippen molar-refractivity contribution in [1.29, 1.82) is 0 Å². The summed E-state index contributed by atoms with van der Waals surface area (Å²) in [5.41, 5.74) is 0.521. The number of hydrogen-bond donors (Lipinski definition) is 1. The van der Waals surface area contributed by atoms with Crippen molar-refractivity contribution in [3.8, 4) is 11.5 Å². The fourth-order valence-corrected chi connectivity index (χ4v) is 2.81. The Balaban J connectivity index is 1.76. The predicted octanol–water partition coefficient (Wildman–Crippen LogP) is 5.85. The monoisotopic (exact) mass is 355 g/mol. The maximum absolute atomic E-state index is 12.1.